The average Bonchev–Trinajstić information content (AvgIpc) is 2.42. The molecule has 1 atom stereocenters. The number of carbonyl (C=O) groups excluding carboxylic acids is 1. The molecule has 0 aromatic heterocycles. The van der Waals surface area contributed by atoms with Crippen LogP contribution in [0.5, 0.6) is 0 Å². The number of amides is 1. The van der Waals surface area contributed by atoms with Crippen LogP contribution in [0.2, 0.25) is 0 Å². The third kappa shape index (κ3) is 4.88. The van der Waals surface area contributed by atoms with Gasteiger partial charge >= 0.3 is 0 Å². The quantitative estimate of drug-likeness (QED) is 0.753. The Kier molecular flexibility index (Phi) is 6.34. The van der Waals surface area contributed by atoms with Crippen LogP contribution in [0.4, 0.5) is 0 Å². The minimum absolute atomic E-state index is 0.331. The summed E-state index contributed by atoms with van der Waals surface area (Å²) >= 11 is 1.88. The molecular weight excluding hydrogens is 232 g/mol. The Hall–Kier alpha value is -0.220. The Bertz CT molecular complexity index is 246. The second-order valence-electron chi connectivity index (χ2n) is 5.32. The Morgan fingerprint density at radius 2 is 1.94 bits per heavy atom. The lowest BCUT2D eigenvalue weighted by Gasteiger charge is -2.27. The number of carbonyl (C=O) groups is 1. The lowest BCUT2D eigenvalue weighted by Crippen LogP contribution is -2.39. The van der Waals surface area contributed by atoms with Crippen molar-refractivity contribution in [1.82, 2.24) is 9.80 Å². The largest absolute Gasteiger partial charge is 0.341 e. The summed E-state index contributed by atoms with van der Waals surface area (Å²) in [4.78, 5) is 16.5. The molecule has 0 N–H and O–H groups in total. The molecule has 0 aromatic carbocycles. The molecule has 0 aromatic rings. The van der Waals surface area contributed by atoms with Gasteiger partial charge in [-0.1, -0.05) is 13.8 Å². The topological polar surface area (TPSA) is 23.6 Å². The van der Waals surface area contributed by atoms with E-state index in [2.05, 4.69) is 31.9 Å². The molecule has 1 rings (SSSR count). The first-order chi connectivity index (χ1) is 8.04. The Balaban J connectivity index is 2.50. The van der Waals surface area contributed by atoms with E-state index in [4.69, 9.17) is 0 Å². The predicted molar refractivity (Wildman–Crippen MR) is 75.5 cm³/mol. The van der Waals surface area contributed by atoms with E-state index in [1.54, 1.807) is 0 Å². The van der Waals surface area contributed by atoms with Gasteiger partial charge in [-0.05, 0) is 19.1 Å². The highest BCUT2D eigenvalue weighted by Gasteiger charge is 2.23. The molecule has 1 aliphatic rings. The molecule has 3 nitrogen and oxygen atoms in total. The smallest absolute Gasteiger partial charge is 0.223 e. The molecule has 1 fully saturated rings. The zero-order valence-corrected chi connectivity index (χ0v) is 12.4. The fourth-order valence-corrected chi connectivity index (χ4v) is 3.00. The Labute approximate surface area is 110 Å². The number of hydrogen-bond donors (Lipinski definition) is 0. The van der Waals surface area contributed by atoms with Crippen molar-refractivity contribution in [2.75, 3.05) is 38.2 Å². The molecule has 0 saturated carbocycles. The van der Waals surface area contributed by atoms with E-state index >= 15 is 0 Å². The monoisotopic (exact) mass is 258 g/mol. The molecule has 1 amide bonds. The van der Waals surface area contributed by atoms with Crippen molar-refractivity contribution in [1.29, 1.82) is 0 Å². The van der Waals surface area contributed by atoms with Gasteiger partial charge in [-0.2, -0.15) is 11.8 Å². The zero-order valence-electron chi connectivity index (χ0n) is 11.6. The maximum atomic E-state index is 12.0. The van der Waals surface area contributed by atoms with E-state index in [1.165, 1.54) is 0 Å². The fourth-order valence-electron chi connectivity index (χ4n) is 2.30. The summed E-state index contributed by atoms with van der Waals surface area (Å²) < 4.78 is 0. The van der Waals surface area contributed by atoms with Gasteiger partial charge in [0, 0.05) is 44.4 Å². The summed E-state index contributed by atoms with van der Waals surface area (Å²) in [6, 6.07) is 0.580. The van der Waals surface area contributed by atoms with Crippen LogP contribution < -0.4 is 0 Å². The van der Waals surface area contributed by atoms with E-state index in [0.29, 0.717) is 24.3 Å². The van der Waals surface area contributed by atoms with Gasteiger partial charge in [0.05, 0.1) is 0 Å². The predicted octanol–water partition coefficient (Wildman–Crippen LogP) is 1.93. The van der Waals surface area contributed by atoms with E-state index in [0.717, 1.165) is 31.9 Å². The maximum absolute atomic E-state index is 12.0. The van der Waals surface area contributed by atoms with Crippen LogP contribution in [0.1, 0.15) is 27.2 Å². The molecule has 100 valence electrons. The van der Waals surface area contributed by atoms with Crippen LogP contribution in [0, 0.1) is 5.92 Å². The molecule has 0 bridgehead atoms. The molecule has 1 heterocycles. The summed E-state index contributed by atoms with van der Waals surface area (Å²) in [7, 11) is 0. The second kappa shape index (κ2) is 7.27. The first-order valence-corrected chi connectivity index (χ1v) is 7.94. The normalized spacial score (nSPS) is 20.8. The van der Waals surface area contributed by atoms with Gasteiger partial charge in [-0.25, -0.2) is 0 Å². The first-order valence-electron chi connectivity index (χ1n) is 6.55. The van der Waals surface area contributed by atoms with E-state index in [9.17, 15) is 4.79 Å². The van der Waals surface area contributed by atoms with Crippen molar-refractivity contribution >= 4 is 17.7 Å². The molecule has 0 radical (unpaired) electrons. The number of hydrogen-bond acceptors (Lipinski definition) is 3. The molecule has 4 heteroatoms. The molecular formula is C13H26N2OS. The van der Waals surface area contributed by atoms with Crippen LogP contribution in [0.3, 0.4) is 0 Å². The minimum atomic E-state index is 0.331. The van der Waals surface area contributed by atoms with Crippen molar-refractivity contribution < 1.29 is 4.79 Å². The lowest BCUT2D eigenvalue weighted by atomic mass is 10.2. The molecule has 17 heavy (non-hydrogen) atoms. The molecule has 1 unspecified atom stereocenters. The highest BCUT2D eigenvalue weighted by molar-refractivity contribution is 7.98. The van der Waals surface area contributed by atoms with Crippen LogP contribution in [0.25, 0.3) is 0 Å². The maximum Gasteiger partial charge on any atom is 0.223 e. The summed E-state index contributed by atoms with van der Waals surface area (Å²) in [6.45, 7) is 10.4. The van der Waals surface area contributed by atoms with Gasteiger partial charge < -0.3 is 4.90 Å². The highest BCUT2D eigenvalue weighted by atomic mass is 32.2. The van der Waals surface area contributed by atoms with Gasteiger partial charge in [-0.3, -0.25) is 9.69 Å². The summed E-state index contributed by atoms with van der Waals surface area (Å²) in [5, 5.41) is 0. The van der Waals surface area contributed by atoms with Gasteiger partial charge in [0.15, 0.2) is 0 Å². The molecule has 0 spiro atoms. The lowest BCUT2D eigenvalue weighted by molar-refractivity contribution is -0.130. The molecule has 0 aliphatic carbocycles. The average molecular weight is 258 g/mol. The van der Waals surface area contributed by atoms with Crippen LogP contribution >= 0.6 is 11.8 Å². The Morgan fingerprint density at radius 1 is 1.24 bits per heavy atom. The van der Waals surface area contributed by atoms with Gasteiger partial charge in [0.2, 0.25) is 5.91 Å². The summed E-state index contributed by atoms with van der Waals surface area (Å²) in [5.74, 6) is 2.05. The van der Waals surface area contributed by atoms with Crippen molar-refractivity contribution in [2.45, 2.75) is 33.2 Å². The third-order valence-electron chi connectivity index (χ3n) is 3.24. The summed E-state index contributed by atoms with van der Waals surface area (Å²) in [5.41, 5.74) is 0. The minimum Gasteiger partial charge on any atom is -0.341 e. The number of thioether (sulfide) groups is 1. The van der Waals surface area contributed by atoms with Crippen molar-refractivity contribution in [3.63, 3.8) is 0 Å². The number of nitrogens with zero attached hydrogens (tertiary/aromatic N) is 2. The van der Waals surface area contributed by atoms with Gasteiger partial charge in [0.1, 0.15) is 0 Å². The SMILES string of the molecule is CSCC(C)N1CCC(=O)N(CC(C)C)CC1. The van der Waals surface area contributed by atoms with E-state index in [-0.39, 0.29) is 0 Å². The first kappa shape index (κ1) is 14.8. The second-order valence-corrected chi connectivity index (χ2v) is 6.23. The van der Waals surface area contributed by atoms with Crippen LogP contribution in [0.15, 0.2) is 0 Å². The van der Waals surface area contributed by atoms with Crippen LogP contribution in [-0.4, -0.2) is 59.9 Å². The highest BCUT2D eigenvalue weighted by Crippen LogP contribution is 2.12. The van der Waals surface area contributed by atoms with E-state index in [1.807, 2.05) is 16.7 Å². The van der Waals surface area contributed by atoms with E-state index < -0.39 is 0 Å². The zero-order chi connectivity index (χ0) is 12.8. The molecule has 1 saturated heterocycles. The number of rotatable bonds is 5. The molecule has 1 aliphatic heterocycles. The summed E-state index contributed by atoms with van der Waals surface area (Å²) in [6.07, 6.45) is 2.83. The van der Waals surface area contributed by atoms with Crippen molar-refractivity contribution in [3.8, 4) is 0 Å². The van der Waals surface area contributed by atoms with Gasteiger partial charge in [0.25, 0.3) is 0 Å². The third-order valence-corrected chi connectivity index (χ3v) is 4.06. The Morgan fingerprint density at radius 3 is 2.53 bits per heavy atom. The van der Waals surface area contributed by atoms with Crippen LogP contribution in [-0.2, 0) is 4.79 Å². The standard InChI is InChI=1S/C13H26N2OS/c1-11(2)9-15-8-7-14(6-5-13(15)16)12(3)10-17-4/h11-12H,5-10H2,1-4H3. The van der Waals surface area contributed by atoms with Crippen molar-refractivity contribution in [3.05, 3.63) is 0 Å². The van der Waals surface area contributed by atoms with Crippen molar-refractivity contribution in [2.24, 2.45) is 5.92 Å². The van der Waals surface area contributed by atoms with Gasteiger partial charge in [-0.15, -0.1) is 0 Å². The fraction of sp³-hybridized carbons (Fsp3) is 0.923.